The number of carbonyl (C=O) groups is 3. The third-order valence-corrected chi connectivity index (χ3v) is 7.29. The highest BCUT2D eigenvalue weighted by Crippen LogP contribution is 2.26. The number of hydrogen-bond donors (Lipinski definition) is 1. The maximum atomic E-state index is 13.0. The van der Waals surface area contributed by atoms with E-state index in [1.54, 1.807) is 54.3 Å². The van der Waals surface area contributed by atoms with Crippen molar-refractivity contribution in [2.45, 2.75) is 36.7 Å². The van der Waals surface area contributed by atoms with Crippen LogP contribution in [0, 0.1) is 0 Å². The molecule has 162 valence electrons. The van der Waals surface area contributed by atoms with Gasteiger partial charge in [0.05, 0.1) is 16.0 Å². The van der Waals surface area contributed by atoms with Gasteiger partial charge >= 0.3 is 0 Å². The SMILES string of the molecule is CC(C(=O)N1CCC(NS(=O)(=O)c2ccccc2)CC1)N1C(=O)c2ccccc2C1=O. The van der Waals surface area contributed by atoms with E-state index < -0.39 is 27.9 Å². The Labute approximate surface area is 180 Å². The molecule has 1 atom stereocenters. The first-order valence-corrected chi connectivity index (χ1v) is 11.6. The lowest BCUT2D eigenvalue weighted by molar-refractivity contribution is -0.136. The molecule has 2 aliphatic rings. The molecule has 1 fully saturated rings. The molecule has 2 heterocycles. The van der Waals surface area contributed by atoms with E-state index in [2.05, 4.69) is 4.72 Å². The van der Waals surface area contributed by atoms with Crippen LogP contribution in [0.1, 0.15) is 40.5 Å². The molecule has 4 rings (SSSR count). The Balaban J connectivity index is 1.38. The van der Waals surface area contributed by atoms with Crippen LogP contribution in [0.5, 0.6) is 0 Å². The number of hydrogen-bond acceptors (Lipinski definition) is 5. The number of amides is 3. The molecule has 0 bridgehead atoms. The fourth-order valence-electron chi connectivity index (χ4n) is 4.04. The summed E-state index contributed by atoms with van der Waals surface area (Å²) in [6, 6.07) is 13.5. The van der Waals surface area contributed by atoms with Crippen LogP contribution in [0.4, 0.5) is 0 Å². The molecule has 3 amide bonds. The lowest BCUT2D eigenvalue weighted by atomic mass is 10.1. The Kier molecular flexibility index (Phi) is 5.63. The van der Waals surface area contributed by atoms with Gasteiger partial charge in [0.1, 0.15) is 6.04 Å². The number of sulfonamides is 1. The van der Waals surface area contributed by atoms with E-state index in [4.69, 9.17) is 0 Å². The monoisotopic (exact) mass is 441 g/mol. The summed E-state index contributed by atoms with van der Waals surface area (Å²) in [5.41, 5.74) is 0.613. The highest BCUT2D eigenvalue weighted by atomic mass is 32.2. The third-order valence-electron chi connectivity index (χ3n) is 5.75. The minimum atomic E-state index is -3.62. The van der Waals surface area contributed by atoms with E-state index in [1.165, 1.54) is 12.1 Å². The van der Waals surface area contributed by atoms with Crippen molar-refractivity contribution in [2.75, 3.05) is 13.1 Å². The Hall–Kier alpha value is -3.04. The highest BCUT2D eigenvalue weighted by molar-refractivity contribution is 7.89. The van der Waals surface area contributed by atoms with Gasteiger partial charge in [0.25, 0.3) is 11.8 Å². The Bertz CT molecular complexity index is 1090. The second-order valence-electron chi connectivity index (χ2n) is 7.74. The highest BCUT2D eigenvalue weighted by Gasteiger charge is 2.42. The molecule has 1 saturated heterocycles. The van der Waals surface area contributed by atoms with Gasteiger partial charge in [-0.2, -0.15) is 0 Å². The number of piperidine rings is 1. The minimum absolute atomic E-state index is 0.202. The van der Waals surface area contributed by atoms with E-state index in [9.17, 15) is 22.8 Å². The second-order valence-corrected chi connectivity index (χ2v) is 9.45. The molecule has 0 radical (unpaired) electrons. The van der Waals surface area contributed by atoms with Crippen LogP contribution in [0.3, 0.4) is 0 Å². The first-order valence-electron chi connectivity index (χ1n) is 10.1. The molecular weight excluding hydrogens is 418 g/mol. The molecule has 2 aliphatic heterocycles. The molecule has 0 aliphatic carbocycles. The van der Waals surface area contributed by atoms with Crippen molar-refractivity contribution in [3.05, 3.63) is 65.7 Å². The van der Waals surface area contributed by atoms with Crippen LogP contribution in [0.2, 0.25) is 0 Å². The summed E-state index contributed by atoms with van der Waals surface area (Å²) in [5, 5.41) is 0. The van der Waals surface area contributed by atoms with Crippen LogP contribution < -0.4 is 4.72 Å². The predicted octanol–water partition coefficient (Wildman–Crippen LogP) is 1.64. The minimum Gasteiger partial charge on any atom is -0.341 e. The molecule has 2 aromatic rings. The van der Waals surface area contributed by atoms with Crippen LogP contribution in [0.15, 0.2) is 59.5 Å². The zero-order chi connectivity index (χ0) is 22.2. The Morgan fingerprint density at radius 1 is 0.935 bits per heavy atom. The maximum Gasteiger partial charge on any atom is 0.262 e. The first-order chi connectivity index (χ1) is 14.8. The van der Waals surface area contributed by atoms with Gasteiger partial charge in [-0.15, -0.1) is 0 Å². The average Bonchev–Trinajstić information content (AvgIpc) is 3.04. The molecule has 0 saturated carbocycles. The van der Waals surface area contributed by atoms with Gasteiger partial charge in [0, 0.05) is 19.1 Å². The van der Waals surface area contributed by atoms with Gasteiger partial charge in [-0.05, 0) is 44.0 Å². The van der Waals surface area contributed by atoms with Crippen molar-refractivity contribution < 1.29 is 22.8 Å². The van der Waals surface area contributed by atoms with E-state index in [-0.39, 0.29) is 16.8 Å². The number of imide groups is 1. The van der Waals surface area contributed by atoms with Crippen molar-refractivity contribution in [3.8, 4) is 0 Å². The number of likely N-dealkylation sites (tertiary alicyclic amines) is 1. The van der Waals surface area contributed by atoms with Crippen molar-refractivity contribution in [1.82, 2.24) is 14.5 Å². The van der Waals surface area contributed by atoms with Gasteiger partial charge in [-0.1, -0.05) is 30.3 Å². The fourth-order valence-corrected chi connectivity index (χ4v) is 5.37. The fraction of sp³-hybridized carbons (Fsp3) is 0.318. The normalized spacial score (nSPS) is 18.2. The molecule has 1 N–H and O–H groups in total. The summed E-state index contributed by atoms with van der Waals surface area (Å²) < 4.78 is 27.7. The van der Waals surface area contributed by atoms with E-state index in [0.717, 1.165) is 4.90 Å². The third kappa shape index (κ3) is 3.98. The number of fused-ring (bicyclic) bond motifs is 1. The number of nitrogens with one attached hydrogen (secondary N) is 1. The van der Waals surface area contributed by atoms with E-state index in [1.807, 2.05) is 0 Å². The quantitative estimate of drug-likeness (QED) is 0.711. The second kappa shape index (κ2) is 8.24. The summed E-state index contributed by atoms with van der Waals surface area (Å²) in [7, 11) is -3.62. The van der Waals surface area contributed by atoms with E-state index in [0.29, 0.717) is 37.1 Å². The van der Waals surface area contributed by atoms with Crippen LogP contribution in [-0.4, -0.2) is 61.1 Å². The van der Waals surface area contributed by atoms with Crippen LogP contribution in [-0.2, 0) is 14.8 Å². The number of rotatable bonds is 5. The van der Waals surface area contributed by atoms with Crippen LogP contribution in [0.25, 0.3) is 0 Å². The average molecular weight is 442 g/mol. The van der Waals surface area contributed by atoms with Gasteiger partial charge < -0.3 is 4.90 Å². The lowest BCUT2D eigenvalue weighted by Gasteiger charge is -2.35. The molecule has 9 heteroatoms. The molecule has 2 aromatic carbocycles. The molecular formula is C22H23N3O5S. The molecule has 1 unspecified atom stereocenters. The summed E-state index contributed by atoms with van der Waals surface area (Å²) in [6.45, 7) is 2.23. The van der Waals surface area contributed by atoms with Gasteiger partial charge in [0.2, 0.25) is 15.9 Å². The maximum absolute atomic E-state index is 13.0. The predicted molar refractivity (Wildman–Crippen MR) is 113 cm³/mol. The lowest BCUT2D eigenvalue weighted by Crippen LogP contribution is -2.53. The number of benzene rings is 2. The number of carbonyl (C=O) groups excluding carboxylic acids is 3. The van der Waals surface area contributed by atoms with Crippen molar-refractivity contribution in [2.24, 2.45) is 0 Å². The molecule has 0 spiro atoms. The largest absolute Gasteiger partial charge is 0.341 e. The van der Waals surface area contributed by atoms with Gasteiger partial charge in [-0.25, -0.2) is 13.1 Å². The Morgan fingerprint density at radius 2 is 1.45 bits per heavy atom. The van der Waals surface area contributed by atoms with Crippen molar-refractivity contribution in [3.63, 3.8) is 0 Å². The van der Waals surface area contributed by atoms with Gasteiger partial charge in [-0.3, -0.25) is 19.3 Å². The van der Waals surface area contributed by atoms with Crippen molar-refractivity contribution >= 4 is 27.7 Å². The zero-order valence-corrected chi connectivity index (χ0v) is 17.8. The summed E-state index contributed by atoms with van der Waals surface area (Å²) in [6.07, 6.45) is 0.902. The van der Waals surface area contributed by atoms with Crippen LogP contribution >= 0.6 is 0 Å². The smallest absolute Gasteiger partial charge is 0.262 e. The summed E-state index contributed by atoms with van der Waals surface area (Å²) in [4.78, 5) is 41.1. The Morgan fingerprint density at radius 3 is 2.00 bits per heavy atom. The molecule has 8 nitrogen and oxygen atoms in total. The zero-order valence-electron chi connectivity index (χ0n) is 17.0. The first kappa shape index (κ1) is 21.2. The number of nitrogens with zero attached hydrogens (tertiary/aromatic N) is 2. The summed E-state index contributed by atoms with van der Waals surface area (Å²) in [5.74, 6) is -1.25. The van der Waals surface area contributed by atoms with Gasteiger partial charge in [0.15, 0.2) is 0 Å². The molecule has 31 heavy (non-hydrogen) atoms. The topological polar surface area (TPSA) is 104 Å². The summed E-state index contributed by atoms with van der Waals surface area (Å²) >= 11 is 0. The van der Waals surface area contributed by atoms with E-state index >= 15 is 0 Å². The standard InChI is InChI=1S/C22H23N3O5S/c1-15(25-21(27)18-9-5-6-10-19(18)22(25)28)20(26)24-13-11-16(12-14-24)23-31(29,30)17-7-3-2-4-8-17/h2-10,15-16,23H,11-14H2,1H3. The molecule has 0 aromatic heterocycles. The van der Waals surface area contributed by atoms with Crippen molar-refractivity contribution in [1.29, 1.82) is 0 Å².